The highest BCUT2D eigenvalue weighted by Gasteiger charge is 2.05. The smallest absolute Gasteiger partial charge is 0.156 e. The first kappa shape index (κ1) is 12.1. The maximum atomic E-state index is 5.79. The van der Waals surface area contributed by atoms with Crippen molar-refractivity contribution in [3.8, 4) is 11.5 Å². The van der Waals surface area contributed by atoms with E-state index < -0.39 is 0 Å². The molecule has 2 aromatic heterocycles. The lowest BCUT2D eigenvalue weighted by atomic mass is 10.3. The van der Waals surface area contributed by atoms with E-state index >= 15 is 0 Å². The van der Waals surface area contributed by atoms with Crippen LogP contribution in [-0.2, 0) is 6.54 Å². The van der Waals surface area contributed by atoms with Gasteiger partial charge >= 0.3 is 0 Å². The van der Waals surface area contributed by atoms with Crippen molar-refractivity contribution in [1.82, 2.24) is 20.3 Å². The summed E-state index contributed by atoms with van der Waals surface area (Å²) in [6.45, 7) is 4.99. The van der Waals surface area contributed by atoms with Crippen LogP contribution < -0.4 is 5.32 Å². The Morgan fingerprint density at radius 3 is 2.76 bits per heavy atom. The fourth-order valence-corrected chi connectivity index (χ4v) is 1.52. The van der Waals surface area contributed by atoms with E-state index in [0.717, 1.165) is 23.8 Å². The third kappa shape index (κ3) is 3.28. The van der Waals surface area contributed by atoms with Crippen molar-refractivity contribution in [2.75, 3.05) is 0 Å². The molecule has 0 radical (unpaired) electrons. The van der Waals surface area contributed by atoms with E-state index in [0.29, 0.717) is 11.1 Å². The van der Waals surface area contributed by atoms with E-state index in [4.69, 9.17) is 11.6 Å². The fourth-order valence-electron chi connectivity index (χ4n) is 1.41. The summed E-state index contributed by atoms with van der Waals surface area (Å²) in [6, 6.07) is 4.11. The third-order valence-corrected chi connectivity index (χ3v) is 2.52. The number of nitrogens with one attached hydrogen (secondary N) is 2. The van der Waals surface area contributed by atoms with E-state index in [1.165, 1.54) is 0 Å². The van der Waals surface area contributed by atoms with Crippen molar-refractivity contribution >= 4 is 11.6 Å². The Balaban J connectivity index is 2.10. The standard InChI is InChI=1S/C12H15ClN4/c1-8(2)14-6-10-7-16-12(17-10)11-4-3-9(13)5-15-11/h3-5,7-8,14H,6H2,1-2H3,(H,16,17). The largest absolute Gasteiger partial charge is 0.339 e. The number of halogens is 1. The number of hydrogen-bond donors (Lipinski definition) is 2. The van der Waals surface area contributed by atoms with Crippen molar-refractivity contribution in [3.05, 3.63) is 35.2 Å². The first-order chi connectivity index (χ1) is 8.15. The molecule has 4 nitrogen and oxygen atoms in total. The van der Waals surface area contributed by atoms with Crippen molar-refractivity contribution < 1.29 is 0 Å². The lowest BCUT2D eigenvalue weighted by Crippen LogP contribution is -2.21. The Bertz CT molecular complexity index is 476. The fraction of sp³-hybridized carbons (Fsp3) is 0.333. The molecule has 0 unspecified atom stereocenters. The van der Waals surface area contributed by atoms with Gasteiger partial charge in [-0.25, -0.2) is 4.98 Å². The Kier molecular flexibility index (Phi) is 3.76. The van der Waals surface area contributed by atoms with Gasteiger partial charge in [0.25, 0.3) is 0 Å². The molecule has 0 saturated heterocycles. The highest BCUT2D eigenvalue weighted by Crippen LogP contribution is 2.15. The zero-order valence-corrected chi connectivity index (χ0v) is 10.6. The summed E-state index contributed by atoms with van der Waals surface area (Å²) in [5.74, 6) is 0.766. The molecule has 5 heteroatoms. The number of aromatic amines is 1. The van der Waals surface area contributed by atoms with Crippen LogP contribution in [-0.4, -0.2) is 21.0 Å². The van der Waals surface area contributed by atoms with Crippen LogP contribution in [0.3, 0.4) is 0 Å². The quantitative estimate of drug-likeness (QED) is 0.877. The molecule has 0 fully saturated rings. The summed E-state index contributed by atoms with van der Waals surface area (Å²) >= 11 is 5.79. The topological polar surface area (TPSA) is 53.6 Å². The predicted octanol–water partition coefficient (Wildman–Crippen LogP) is 2.62. The van der Waals surface area contributed by atoms with Crippen LogP contribution in [0, 0.1) is 0 Å². The van der Waals surface area contributed by atoms with Crippen LogP contribution in [0.4, 0.5) is 0 Å². The molecule has 0 aromatic carbocycles. The SMILES string of the molecule is CC(C)NCc1cnc(-c2ccc(Cl)cn2)[nH]1. The van der Waals surface area contributed by atoms with Gasteiger partial charge in [-0.15, -0.1) is 0 Å². The van der Waals surface area contributed by atoms with Gasteiger partial charge < -0.3 is 10.3 Å². The normalized spacial score (nSPS) is 11.1. The summed E-state index contributed by atoms with van der Waals surface area (Å²) < 4.78 is 0. The van der Waals surface area contributed by atoms with Crippen molar-refractivity contribution in [3.63, 3.8) is 0 Å². The van der Waals surface area contributed by atoms with E-state index in [9.17, 15) is 0 Å². The molecule has 0 saturated carbocycles. The first-order valence-electron chi connectivity index (χ1n) is 5.54. The Morgan fingerprint density at radius 1 is 1.29 bits per heavy atom. The van der Waals surface area contributed by atoms with Gasteiger partial charge in [0.05, 0.1) is 11.2 Å². The molecule has 0 bridgehead atoms. The van der Waals surface area contributed by atoms with Gasteiger partial charge in [-0.3, -0.25) is 4.98 Å². The first-order valence-corrected chi connectivity index (χ1v) is 5.92. The third-order valence-electron chi connectivity index (χ3n) is 2.30. The van der Waals surface area contributed by atoms with Crippen LogP contribution in [0.15, 0.2) is 24.5 Å². The number of nitrogens with zero attached hydrogens (tertiary/aromatic N) is 2. The van der Waals surface area contributed by atoms with Crippen LogP contribution in [0.1, 0.15) is 19.5 Å². The van der Waals surface area contributed by atoms with Gasteiger partial charge in [0.1, 0.15) is 5.69 Å². The average Bonchev–Trinajstić information content (AvgIpc) is 2.76. The second-order valence-electron chi connectivity index (χ2n) is 4.15. The maximum absolute atomic E-state index is 5.79. The molecule has 0 aliphatic heterocycles. The summed E-state index contributed by atoms with van der Waals surface area (Å²) in [7, 11) is 0. The number of pyridine rings is 1. The van der Waals surface area contributed by atoms with Gasteiger partial charge in [-0.1, -0.05) is 25.4 Å². The highest BCUT2D eigenvalue weighted by atomic mass is 35.5. The van der Waals surface area contributed by atoms with Gasteiger partial charge in [0, 0.05) is 24.5 Å². The van der Waals surface area contributed by atoms with Crippen LogP contribution in [0.5, 0.6) is 0 Å². The minimum Gasteiger partial charge on any atom is -0.339 e. The second-order valence-corrected chi connectivity index (χ2v) is 4.59. The van der Waals surface area contributed by atoms with Crippen LogP contribution in [0.2, 0.25) is 5.02 Å². The lowest BCUT2D eigenvalue weighted by molar-refractivity contribution is 0.583. The molecule has 2 rings (SSSR count). The predicted molar refractivity (Wildman–Crippen MR) is 68.8 cm³/mol. The van der Waals surface area contributed by atoms with Crippen molar-refractivity contribution in [2.45, 2.75) is 26.4 Å². The molecule has 2 aromatic rings. The minimum absolute atomic E-state index is 0.454. The number of imidazole rings is 1. The molecule has 0 aliphatic carbocycles. The van der Waals surface area contributed by atoms with Crippen LogP contribution in [0.25, 0.3) is 11.5 Å². The summed E-state index contributed by atoms with van der Waals surface area (Å²) in [4.78, 5) is 11.7. The molecule has 0 spiro atoms. The lowest BCUT2D eigenvalue weighted by Gasteiger charge is -2.05. The number of aromatic nitrogens is 3. The van der Waals surface area contributed by atoms with E-state index in [1.54, 1.807) is 12.3 Å². The number of rotatable bonds is 4. The molecule has 0 amide bonds. The maximum Gasteiger partial charge on any atom is 0.156 e. The molecule has 2 N–H and O–H groups in total. The zero-order valence-electron chi connectivity index (χ0n) is 9.87. The highest BCUT2D eigenvalue weighted by molar-refractivity contribution is 6.30. The number of H-pyrrole nitrogens is 1. The molecule has 90 valence electrons. The molecule has 2 heterocycles. The molecule has 0 atom stereocenters. The molecule has 0 aliphatic rings. The minimum atomic E-state index is 0.454. The van der Waals surface area contributed by atoms with E-state index in [2.05, 4.69) is 34.1 Å². The monoisotopic (exact) mass is 250 g/mol. The van der Waals surface area contributed by atoms with Crippen molar-refractivity contribution in [2.24, 2.45) is 0 Å². The second kappa shape index (κ2) is 5.29. The molecular formula is C12H15ClN4. The summed E-state index contributed by atoms with van der Waals surface area (Å²) in [5, 5.41) is 3.95. The molecular weight excluding hydrogens is 236 g/mol. The van der Waals surface area contributed by atoms with E-state index in [-0.39, 0.29) is 0 Å². The Hall–Kier alpha value is -1.39. The summed E-state index contributed by atoms with van der Waals surface area (Å²) in [5.41, 5.74) is 1.84. The van der Waals surface area contributed by atoms with Gasteiger partial charge in [-0.2, -0.15) is 0 Å². The number of hydrogen-bond acceptors (Lipinski definition) is 3. The molecule has 17 heavy (non-hydrogen) atoms. The van der Waals surface area contributed by atoms with Gasteiger partial charge in [0.2, 0.25) is 0 Å². The average molecular weight is 251 g/mol. The van der Waals surface area contributed by atoms with E-state index in [1.807, 2.05) is 12.3 Å². The summed E-state index contributed by atoms with van der Waals surface area (Å²) in [6.07, 6.45) is 3.44. The van der Waals surface area contributed by atoms with Gasteiger partial charge in [0.15, 0.2) is 5.82 Å². The van der Waals surface area contributed by atoms with Crippen LogP contribution >= 0.6 is 11.6 Å². The van der Waals surface area contributed by atoms with Gasteiger partial charge in [-0.05, 0) is 12.1 Å². The zero-order chi connectivity index (χ0) is 12.3. The Morgan fingerprint density at radius 2 is 2.12 bits per heavy atom. The Labute approximate surface area is 105 Å². The van der Waals surface area contributed by atoms with Crippen molar-refractivity contribution in [1.29, 1.82) is 0 Å².